The van der Waals surface area contributed by atoms with E-state index in [9.17, 15) is 18.3 Å². The highest BCUT2D eigenvalue weighted by Gasteiger charge is 2.35. The Kier molecular flexibility index (Phi) is 5.36. The van der Waals surface area contributed by atoms with Crippen LogP contribution in [0.4, 0.5) is 0 Å². The highest BCUT2D eigenvalue weighted by atomic mass is 35.5. The molecule has 0 fully saturated rings. The Balaban J connectivity index is 2.52. The molecule has 1 heterocycles. The van der Waals surface area contributed by atoms with Gasteiger partial charge in [0.05, 0.1) is 17.8 Å². The standard InChI is InChI=1S/C14H13Cl2NO5S/c1-9(14(18)19)17(8-11-3-2-6-22-11)23(20,21)13-7-10(15)4-5-12(13)16/h2-7,9H,8H2,1H3,(H,18,19). The van der Waals surface area contributed by atoms with Crippen LogP contribution in [0.2, 0.25) is 10.0 Å². The lowest BCUT2D eigenvalue weighted by Gasteiger charge is -2.25. The van der Waals surface area contributed by atoms with Crippen LogP contribution >= 0.6 is 23.2 Å². The monoisotopic (exact) mass is 377 g/mol. The smallest absolute Gasteiger partial charge is 0.321 e. The Labute approximate surface area is 143 Å². The molecule has 0 aliphatic carbocycles. The van der Waals surface area contributed by atoms with Crippen molar-refractivity contribution in [3.63, 3.8) is 0 Å². The number of aliphatic carboxylic acids is 1. The fourth-order valence-corrected chi connectivity index (χ4v) is 4.20. The zero-order valence-corrected chi connectivity index (χ0v) is 14.3. The lowest BCUT2D eigenvalue weighted by Crippen LogP contribution is -2.42. The molecule has 1 aromatic heterocycles. The number of nitrogens with zero attached hydrogens (tertiary/aromatic N) is 1. The average Bonchev–Trinajstić information content (AvgIpc) is 2.99. The van der Waals surface area contributed by atoms with Gasteiger partial charge in [0.1, 0.15) is 16.7 Å². The number of carboxylic acid groups (broad SMARTS) is 1. The van der Waals surface area contributed by atoms with Crippen LogP contribution in [0.3, 0.4) is 0 Å². The second-order valence-electron chi connectivity index (χ2n) is 4.72. The van der Waals surface area contributed by atoms with Crippen molar-refractivity contribution in [3.05, 3.63) is 52.4 Å². The molecule has 0 saturated carbocycles. The minimum Gasteiger partial charge on any atom is -0.480 e. The van der Waals surface area contributed by atoms with E-state index in [4.69, 9.17) is 27.6 Å². The largest absolute Gasteiger partial charge is 0.480 e. The van der Waals surface area contributed by atoms with Crippen LogP contribution in [0, 0.1) is 0 Å². The van der Waals surface area contributed by atoms with Gasteiger partial charge in [-0.3, -0.25) is 4.79 Å². The maximum absolute atomic E-state index is 12.9. The van der Waals surface area contributed by atoms with E-state index in [1.54, 1.807) is 12.1 Å². The number of furan rings is 1. The summed E-state index contributed by atoms with van der Waals surface area (Å²) in [5.74, 6) is -0.988. The Hall–Kier alpha value is -1.54. The zero-order chi connectivity index (χ0) is 17.2. The van der Waals surface area contributed by atoms with Gasteiger partial charge in [-0.2, -0.15) is 4.31 Å². The molecule has 1 atom stereocenters. The SMILES string of the molecule is CC(C(=O)O)N(Cc1ccco1)S(=O)(=O)c1cc(Cl)ccc1Cl. The summed E-state index contributed by atoms with van der Waals surface area (Å²) in [5.41, 5.74) is 0. The molecular weight excluding hydrogens is 365 g/mol. The highest BCUT2D eigenvalue weighted by Crippen LogP contribution is 2.29. The first-order chi connectivity index (χ1) is 10.7. The maximum Gasteiger partial charge on any atom is 0.321 e. The van der Waals surface area contributed by atoms with Crippen LogP contribution in [0.1, 0.15) is 12.7 Å². The van der Waals surface area contributed by atoms with E-state index in [0.29, 0.717) is 5.76 Å². The maximum atomic E-state index is 12.9. The van der Waals surface area contributed by atoms with Crippen LogP contribution in [0.15, 0.2) is 45.9 Å². The Morgan fingerprint density at radius 2 is 2.04 bits per heavy atom. The van der Waals surface area contributed by atoms with Crippen molar-refractivity contribution >= 4 is 39.2 Å². The first kappa shape index (κ1) is 17.8. The number of rotatable bonds is 6. The first-order valence-corrected chi connectivity index (χ1v) is 8.65. The van der Waals surface area contributed by atoms with Crippen molar-refractivity contribution in [2.45, 2.75) is 24.4 Å². The van der Waals surface area contributed by atoms with Crippen LogP contribution in [-0.2, 0) is 21.4 Å². The van der Waals surface area contributed by atoms with Crippen molar-refractivity contribution in [1.82, 2.24) is 4.31 Å². The van der Waals surface area contributed by atoms with Gasteiger partial charge in [0.2, 0.25) is 10.0 Å². The molecule has 1 N–H and O–H groups in total. The first-order valence-electron chi connectivity index (χ1n) is 6.45. The normalized spacial score (nSPS) is 13.2. The Morgan fingerprint density at radius 1 is 1.35 bits per heavy atom. The third kappa shape index (κ3) is 3.87. The molecule has 124 valence electrons. The summed E-state index contributed by atoms with van der Waals surface area (Å²) in [5, 5.41) is 9.35. The lowest BCUT2D eigenvalue weighted by atomic mass is 10.3. The van der Waals surface area contributed by atoms with E-state index in [1.807, 2.05) is 0 Å². The molecule has 2 rings (SSSR count). The molecule has 6 nitrogen and oxygen atoms in total. The predicted octanol–water partition coefficient (Wildman–Crippen LogP) is 3.25. The third-order valence-corrected chi connectivity index (χ3v) is 5.79. The Morgan fingerprint density at radius 3 is 2.61 bits per heavy atom. The van der Waals surface area contributed by atoms with E-state index >= 15 is 0 Å². The molecule has 2 aromatic rings. The van der Waals surface area contributed by atoms with Crippen molar-refractivity contribution < 1.29 is 22.7 Å². The van der Waals surface area contributed by atoms with Crippen molar-refractivity contribution in [2.75, 3.05) is 0 Å². The quantitative estimate of drug-likeness (QED) is 0.834. The molecule has 23 heavy (non-hydrogen) atoms. The van der Waals surface area contributed by atoms with E-state index in [1.165, 1.54) is 31.4 Å². The predicted molar refractivity (Wildman–Crippen MR) is 85.0 cm³/mol. The number of carbonyl (C=O) groups is 1. The van der Waals surface area contributed by atoms with Gasteiger partial charge < -0.3 is 9.52 Å². The fourth-order valence-electron chi connectivity index (χ4n) is 1.91. The van der Waals surface area contributed by atoms with Crippen molar-refractivity contribution in [1.29, 1.82) is 0 Å². The molecule has 0 aliphatic rings. The van der Waals surface area contributed by atoms with Crippen LogP contribution in [-0.4, -0.2) is 29.8 Å². The number of hydrogen-bond acceptors (Lipinski definition) is 4. The molecule has 0 saturated heterocycles. The molecule has 0 aliphatic heterocycles. The van der Waals surface area contributed by atoms with Crippen LogP contribution in [0.5, 0.6) is 0 Å². The second-order valence-corrected chi connectivity index (χ2v) is 7.42. The van der Waals surface area contributed by atoms with Gasteiger partial charge in [-0.1, -0.05) is 23.2 Å². The van der Waals surface area contributed by atoms with Gasteiger partial charge in [-0.15, -0.1) is 0 Å². The molecule has 9 heteroatoms. The van der Waals surface area contributed by atoms with Crippen LogP contribution < -0.4 is 0 Å². The topological polar surface area (TPSA) is 87.8 Å². The summed E-state index contributed by atoms with van der Waals surface area (Å²) in [7, 11) is -4.20. The summed E-state index contributed by atoms with van der Waals surface area (Å²) in [6.45, 7) is 1.02. The van der Waals surface area contributed by atoms with E-state index in [0.717, 1.165) is 4.31 Å². The van der Waals surface area contributed by atoms with E-state index < -0.39 is 22.0 Å². The Bertz CT molecular complexity index is 805. The van der Waals surface area contributed by atoms with Crippen molar-refractivity contribution in [2.24, 2.45) is 0 Å². The second kappa shape index (κ2) is 6.92. The molecule has 0 amide bonds. The summed E-state index contributed by atoms with van der Waals surface area (Å²) < 4.78 is 31.6. The van der Waals surface area contributed by atoms with E-state index in [2.05, 4.69) is 0 Å². The van der Waals surface area contributed by atoms with Gasteiger partial charge in [0.15, 0.2) is 0 Å². The van der Waals surface area contributed by atoms with Gasteiger partial charge in [0.25, 0.3) is 0 Å². The number of sulfonamides is 1. The minimum absolute atomic E-state index is 0.0450. The average molecular weight is 378 g/mol. The number of carboxylic acids is 1. The van der Waals surface area contributed by atoms with E-state index in [-0.39, 0.29) is 21.5 Å². The van der Waals surface area contributed by atoms with Gasteiger partial charge in [0, 0.05) is 5.02 Å². The van der Waals surface area contributed by atoms with Gasteiger partial charge >= 0.3 is 5.97 Å². The molecule has 1 aromatic carbocycles. The van der Waals surface area contributed by atoms with Gasteiger partial charge in [-0.05, 0) is 37.3 Å². The molecule has 1 unspecified atom stereocenters. The summed E-state index contributed by atoms with van der Waals surface area (Å²) in [4.78, 5) is 11.0. The molecular formula is C14H13Cl2NO5S. The molecule has 0 spiro atoms. The van der Waals surface area contributed by atoms with Crippen LogP contribution in [0.25, 0.3) is 0 Å². The fraction of sp³-hybridized carbons (Fsp3) is 0.214. The highest BCUT2D eigenvalue weighted by molar-refractivity contribution is 7.89. The summed E-state index contributed by atoms with van der Waals surface area (Å²) in [6.07, 6.45) is 1.37. The molecule has 0 bridgehead atoms. The number of benzene rings is 1. The lowest BCUT2D eigenvalue weighted by molar-refractivity contribution is -0.141. The van der Waals surface area contributed by atoms with Crippen molar-refractivity contribution in [3.8, 4) is 0 Å². The number of hydrogen-bond donors (Lipinski definition) is 1. The zero-order valence-electron chi connectivity index (χ0n) is 11.9. The molecule has 0 radical (unpaired) electrons. The summed E-state index contributed by atoms with van der Waals surface area (Å²) in [6, 6.07) is 5.78. The number of halogens is 2. The summed E-state index contributed by atoms with van der Waals surface area (Å²) >= 11 is 11.8. The van der Waals surface area contributed by atoms with Gasteiger partial charge in [-0.25, -0.2) is 8.42 Å². The minimum atomic E-state index is -4.20. The third-order valence-electron chi connectivity index (χ3n) is 3.16.